The predicted molar refractivity (Wildman–Crippen MR) is 74.2 cm³/mol. The standard InChI is InChI=1S/C15H28N2/c1-2-17-10-8-15(9-11-17)13-16-12-14-6-4-3-5-7-14/h3-4,14-16H,2,5-13H2,1H3. The van der Waals surface area contributed by atoms with Gasteiger partial charge in [0.05, 0.1) is 0 Å². The van der Waals surface area contributed by atoms with Gasteiger partial charge in [-0.25, -0.2) is 0 Å². The van der Waals surface area contributed by atoms with E-state index in [9.17, 15) is 0 Å². The van der Waals surface area contributed by atoms with Crippen molar-refractivity contribution in [1.29, 1.82) is 0 Å². The van der Waals surface area contributed by atoms with Gasteiger partial charge in [0.15, 0.2) is 0 Å². The molecule has 2 rings (SSSR count). The lowest BCUT2D eigenvalue weighted by molar-refractivity contribution is 0.189. The first-order valence-corrected chi connectivity index (χ1v) is 7.46. The molecular formula is C15H28N2. The minimum Gasteiger partial charge on any atom is -0.316 e. The highest BCUT2D eigenvalue weighted by Gasteiger charge is 2.18. The number of allylic oxidation sites excluding steroid dienone is 2. The summed E-state index contributed by atoms with van der Waals surface area (Å²) in [5, 5.41) is 3.71. The predicted octanol–water partition coefficient (Wildman–Crippen LogP) is 2.66. The van der Waals surface area contributed by atoms with Crippen molar-refractivity contribution >= 4 is 0 Å². The molecule has 0 aromatic rings. The molecule has 2 aliphatic rings. The largest absolute Gasteiger partial charge is 0.316 e. The molecule has 2 nitrogen and oxygen atoms in total. The van der Waals surface area contributed by atoms with Crippen molar-refractivity contribution in [2.24, 2.45) is 11.8 Å². The first-order valence-electron chi connectivity index (χ1n) is 7.46. The summed E-state index contributed by atoms with van der Waals surface area (Å²) in [6, 6.07) is 0. The molecule has 0 aromatic carbocycles. The molecule has 0 saturated carbocycles. The summed E-state index contributed by atoms with van der Waals surface area (Å²) in [6.45, 7) is 8.61. The van der Waals surface area contributed by atoms with Crippen LogP contribution in [0.4, 0.5) is 0 Å². The molecule has 0 aromatic heterocycles. The Morgan fingerprint density at radius 2 is 1.82 bits per heavy atom. The number of hydrogen-bond acceptors (Lipinski definition) is 2. The lowest BCUT2D eigenvalue weighted by Gasteiger charge is -2.31. The number of rotatable bonds is 5. The molecule has 0 radical (unpaired) electrons. The van der Waals surface area contributed by atoms with Crippen LogP contribution in [0.3, 0.4) is 0 Å². The molecule has 17 heavy (non-hydrogen) atoms. The van der Waals surface area contributed by atoms with Crippen LogP contribution in [-0.4, -0.2) is 37.6 Å². The van der Waals surface area contributed by atoms with Crippen LogP contribution in [-0.2, 0) is 0 Å². The minimum absolute atomic E-state index is 0.899. The van der Waals surface area contributed by atoms with Gasteiger partial charge in [-0.15, -0.1) is 0 Å². The first kappa shape index (κ1) is 13.1. The van der Waals surface area contributed by atoms with Gasteiger partial charge in [-0.3, -0.25) is 0 Å². The van der Waals surface area contributed by atoms with E-state index in [1.54, 1.807) is 0 Å². The maximum absolute atomic E-state index is 3.71. The fourth-order valence-corrected chi connectivity index (χ4v) is 3.04. The van der Waals surface area contributed by atoms with E-state index >= 15 is 0 Å². The SMILES string of the molecule is CCN1CCC(CNCC2CC=CCC2)CC1. The maximum Gasteiger partial charge on any atom is -0.00157 e. The van der Waals surface area contributed by atoms with E-state index < -0.39 is 0 Å². The van der Waals surface area contributed by atoms with Crippen LogP contribution in [0, 0.1) is 11.8 Å². The highest BCUT2D eigenvalue weighted by Crippen LogP contribution is 2.18. The van der Waals surface area contributed by atoms with Gasteiger partial charge in [-0.2, -0.15) is 0 Å². The molecule has 0 bridgehead atoms. The molecule has 1 saturated heterocycles. The van der Waals surface area contributed by atoms with Crippen molar-refractivity contribution in [3.63, 3.8) is 0 Å². The second-order valence-electron chi connectivity index (χ2n) is 5.69. The van der Waals surface area contributed by atoms with Crippen molar-refractivity contribution in [1.82, 2.24) is 10.2 Å². The van der Waals surface area contributed by atoms with E-state index in [0.717, 1.165) is 11.8 Å². The van der Waals surface area contributed by atoms with Crippen molar-refractivity contribution in [3.05, 3.63) is 12.2 Å². The summed E-state index contributed by atoms with van der Waals surface area (Å²) in [6.07, 6.45) is 11.4. The van der Waals surface area contributed by atoms with Gasteiger partial charge in [0.2, 0.25) is 0 Å². The second kappa shape index (κ2) is 7.17. The molecule has 1 aliphatic carbocycles. The minimum atomic E-state index is 0.899. The van der Waals surface area contributed by atoms with Gasteiger partial charge >= 0.3 is 0 Å². The van der Waals surface area contributed by atoms with E-state index in [2.05, 4.69) is 29.3 Å². The number of hydrogen-bond donors (Lipinski definition) is 1. The lowest BCUT2D eigenvalue weighted by Crippen LogP contribution is -2.38. The lowest BCUT2D eigenvalue weighted by atomic mass is 9.93. The summed E-state index contributed by atoms with van der Waals surface area (Å²) >= 11 is 0. The Hall–Kier alpha value is -0.340. The second-order valence-corrected chi connectivity index (χ2v) is 5.69. The third-order valence-corrected chi connectivity index (χ3v) is 4.40. The van der Waals surface area contributed by atoms with Gasteiger partial charge in [-0.05, 0) is 76.7 Å². The van der Waals surface area contributed by atoms with Crippen LogP contribution in [0.25, 0.3) is 0 Å². The Kier molecular flexibility index (Phi) is 5.53. The molecule has 1 aliphatic heterocycles. The van der Waals surface area contributed by atoms with Crippen LogP contribution in [0.2, 0.25) is 0 Å². The Labute approximate surface area is 106 Å². The fourth-order valence-electron chi connectivity index (χ4n) is 3.04. The fraction of sp³-hybridized carbons (Fsp3) is 0.867. The van der Waals surface area contributed by atoms with Crippen LogP contribution in [0.15, 0.2) is 12.2 Å². The highest BCUT2D eigenvalue weighted by molar-refractivity contribution is 4.90. The van der Waals surface area contributed by atoms with E-state index in [1.165, 1.54) is 64.8 Å². The quantitative estimate of drug-likeness (QED) is 0.738. The van der Waals surface area contributed by atoms with E-state index in [4.69, 9.17) is 0 Å². The third-order valence-electron chi connectivity index (χ3n) is 4.40. The summed E-state index contributed by atoms with van der Waals surface area (Å²) in [5.41, 5.74) is 0. The summed E-state index contributed by atoms with van der Waals surface area (Å²) in [4.78, 5) is 2.57. The highest BCUT2D eigenvalue weighted by atomic mass is 15.1. The van der Waals surface area contributed by atoms with Gasteiger partial charge in [0.1, 0.15) is 0 Å². The summed E-state index contributed by atoms with van der Waals surface area (Å²) < 4.78 is 0. The van der Waals surface area contributed by atoms with E-state index in [1.807, 2.05) is 0 Å². The Morgan fingerprint density at radius 1 is 1.06 bits per heavy atom. The normalized spacial score (nSPS) is 27.5. The number of piperidine rings is 1. The Balaban J connectivity index is 1.55. The van der Waals surface area contributed by atoms with E-state index in [0.29, 0.717) is 0 Å². The average molecular weight is 236 g/mol. The van der Waals surface area contributed by atoms with Crippen LogP contribution in [0.1, 0.15) is 39.0 Å². The Morgan fingerprint density at radius 3 is 2.47 bits per heavy atom. The Bertz CT molecular complexity index is 229. The van der Waals surface area contributed by atoms with Gasteiger partial charge in [0, 0.05) is 0 Å². The molecule has 2 heteroatoms. The van der Waals surface area contributed by atoms with E-state index in [-0.39, 0.29) is 0 Å². The molecule has 98 valence electrons. The van der Waals surface area contributed by atoms with Crippen molar-refractivity contribution in [2.75, 3.05) is 32.7 Å². The van der Waals surface area contributed by atoms with Crippen molar-refractivity contribution in [2.45, 2.75) is 39.0 Å². The zero-order valence-electron chi connectivity index (χ0n) is 11.3. The van der Waals surface area contributed by atoms with Crippen LogP contribution < -0.4 is 5.32 Å². The number of nitrogens with zero attached hydrogens (tertiary/aromatic N) is 1. The summed E-state index contributed by atoms with van der Waals surface area (Å²) in [7, 11) is 0. The maximum atomic E-state index is 3.71. The van der Waals surface area contributed by atoms with Gasteiger partial charge < -0.3 is 10.2 Å². The zero-order valence-corrected chi connectivity index (χ0v) is 11.3. The van der Waals surface area contributed by atoms with Crippen LogP contribution in [0.5, 0.6) is 0 Å². The number of nitrogens with one attached hydrogen (secondary N) is 1. The molecule has 0 spiro atoms. The number of likely N-dealkylation sites (tertiary alicyclic amines) is 1. The molecule has 0 amide bonds. The van der Waals surface area contributed by atoms with Gasteiger partial charge in [0.25, 0.3) is 0 Å². The molecule has 1 heterocycles. The third kappa shape index (κ3) is 4.44. The van der Waals surface area contributed by atoms with Crippen molar-refractivity contribution < 1.29 is 0 Å². The molecule has 1 N–H and O–H groups in total. The molecular weight excluding hydrogens is 208 g/mol. The van der Waals surface area contributed by atoms with Crippen molar-refractivity contribution in [3.8, 4) is 0 Å². The zero-order chi connectivity index (χ0) is 11.9. The average Bonchev–Trinajstić information content (AvgIpc) is 2.41. The monoisotopic (exact) mass is 236 g/mol. The smallest absolute Gasteiger partial charge is 0.00157 e. The van der Waals surface area contributed by atoms with Gasteiger partial charge in [-0.1, -0.05) is 19.1 Å². The molecule has 1 atom stereocenters. The topological polar surface area (TPSA) is 15.3 Å². The first-order chi connectivity index (χ1) is 8.38. The molecule has 1 fully saturated rings. The summed E-state index contributed by atoms with van der Waals surface area (Å²) in [5.74, 6) is 1.83. The van der Waals surface area contributed by atoms with Crippen LogP contribution >= 0.6 is 0 Å². The molecule has 1 unspecified atom stereocenters.